The van der Waals surface area contributed by atoms with Gasteiger partial charge in [0.05, 0.1) is 0 Å². The van der Waals surface area contributed by atoms with Crippen molar-refractivity contribution < 1.29 is 9.59 Å². The van der Waals surface area contributed by atoms with Crippen LogP contribution < -0.4 is 0 Å². The Morgan fingerprint density at radius 1 is 1.00 bits per heavy atom. The summed E-state index contributed by atoms with van der Waals surface area (Å²) >= 11 is 0. The molecule has 2 rings (SSSR count). The second-order valence-electron chi connectivity index (χ2n) is 4.75. The molecule has 102 valence electrons. The van der Waals surface area contributed by atoms with Crippen molar-refractivity contribution >= 4 is 11.6 Å². The number of aryl methyl sites for hydroxylation is 2. The van der Waals surface area contributed by atoms with E-state index < -0.39 is 0 Å². The van der Waals surface area contributed by atoms with Gasteiger partial charge in [-0.25, -0.2) is 0 Å². The molecule has 2 aromatic rings. The van der Waals surface area contributed by atoms with Crippen LogP contribution in [0.2, 0.25) is 0 Å². The van der Waals surface area contributed by atoms with Gasteiger partial charge in [-0.15, -0.1) is 5.10 Å². The molecule has 0 N–H and O–H groups in total. The number of hydrogen-bond acceptors (Lipinski definition) is 4. The van der Waals surface area contributed by atoms with Crippen LogP contribution in [0.4, 0.5) is 0 Å². The highest BCUT2D eigenvalue weighted by Gasteiger charge is 2.12. The van der Waals surface area contributed by atoms with Gasteiger partial charge in [-0.1, -0.05) is 12.1 Å². The van der Waals surface area contributed by atoms with E-state index in [9.17, 15) is 9.59 Å². The highest BCUT2D eigenvalue weighted by atomic mass is 16.1. The number of aromatic nitrogens is 2. The molecule has 0 bridgehead atoms. The number of carbonyl (C=O) groups excluding carboxylic acids is 2. The zero-order chi connectivity index (χ0) is 14.5. The molecule has 0 aliphatic heterocycles. The molecule has 0 saturated carbocycles. The first kappa shape index (κ1) is 14.1. The average molecular weight is 268 g/mol. The second-order valence-corrected chi connectivity index (χ2v) is 4.75. The fourth-order valence-electron chi connectivity index (χ4n) is 1.86. The molecule has 1 aromatic heterocycles. The quantitative estimate of drug-likeness (QED) is 0.782. The minimum atomic E-state index is -0.157. The number of rotatable bonds is 5. The Balaban J connectivity index is 1.98. The van der Waals surface area contributed by atoms with Crippen LogP contribution in [0.25, 0.3) is 0 Å². The molecule has 0 aliphatic rings. The lowest BCUT2D eigenvalue weighted by atomic mass is 10.00. The van der Waals surface area contributed by atoms with Gasteiger partial charge in [-0.2, -0.15) is 5.10 Å². The SMILES string of the molecule is Cc1ccc(C(=O)CCC(=O)c2cccnn2)cc1C. The van der Waals surface area contributed by atoms with Gasteiger partial charge >= 0.3 is 0 Å². The third-order valence-electron chi connectivity index (χ3n) is 3.27. The zero-order valence-corrected chi connectivity index (χ0v) is 11.6. The average Bonchev–Trinajstić information content (AvgIpc) is 2.48. The molecule has 1 heterocycles. The van der Waals surface area contributed by atoms with Gasteiger partial charge in [0.25, 0.3) is 0 Å². The Labute approximate surface area is 117 Å². The first-order chi connectivity index (χ1) is 9.58. The molecule has 1 aromatic carbocycles. The van der Waals surface area contributed by atoms with Crippen LogP contribution in [0, 0.1) is 13.8 Å². The molecule has 0 aliphatic carbocycles. The minimum Gasteiger partial charge on any atom is -0.294 e. The molecule has 4 nitrogen and oxygen atoms in total. The zero-order valence-electron chi connectivity index (χ0n) is 11.6. The van der Waals surface area contributed by atoms with E-state index in [-0.39, 0.29) is 24.4 Å². The molecular weight excluding hydrogens is 252 g/mol. The standard InChI is InChI=1S/C16H16N2O2/c1-11-5-6-13(10-12(11)2)15(19)7-8-16(20)14-4-3-9-17-18-14/h3-6,9-10H,7-8H2,1-2H3. The molecular formula is C16H16N2O2. The first-order valence-corrected chi connectivity index (χ1v) is 6.49. The van der Waals surface area contributed by atoms with Gasteiger partial charge in [0.15, 0.2) is 11.6 Å². The highest BCUT2D eigenvalue weighted by molar-refractivity contribution is 6.01. The van der Waals surface area contributed by atoms with E-state index in [0.717, 1.165) is 11.1 Å². The van der Waals surface area contributed by atoms with Gasteiger partial charge in [-0.3, -0.25) is 9.59 Å². The molecule has 0 amide bonds. The van der Waals surface area contributed by atoms with Crippen LogP contribution in [0.1, 0.15) is 44.8 Å². The van der Waals surface area contributed by atoms with Crippen LogP contribution in [-0.4, -0.2) is 21.8 Å². The Morgan fingerprint density at radius 2 is 1.75 bits per heavy atom. The maximum atomic E-state index is 12.1. The summed E-state index contributed by atoms with van der Waals surface area (Å²) in [6.07, 6.45) is 1.86. The van der Waals surface area contributed by atoms with Gasteiger partial charge in [0.2, 0.25) is 0 Å². The van der Waals surface area contributed by atoms with Crippen LogP contribution in [0.3, 0.4) is 0 Å². The van der Waals surface area contributed by atoms with E-state index in [1.54, 1.807) is 18.2 Å². The molecule has 20 heavy (non-hydrogen) atoms. The molecule has 0 fully saturated rings. The maximum absolute atomic E-state index is 12.1. The topological polar surface area (TPSA) is 59.9 Å². The van der Waals surface area contributed by atoms with E-state index in [1.807, 2.05) is 26.0 Å². The third kappa shape index (κ3) is 3.35. The van der Waals surface area contributed by atoms with E-state index in [4.69, 9.17) is 0 Å². The van der Waals surface area contributed by atoms with E-state index in [2.05, 4.69) is 10.2 Å². The van der Waals surface area contributed by atoms with Gasteiger partial charge in [-0.05, 0) is 43.2 Å². The summed E-state index contributed by atoms with van der Waals surface area (Å²) in [6.45, 7) is 3.97. The Hall–Kier alpha value is -2.36. The summed E-state index contributed by atoms with van der Waals surface area (Å²) < 4.78 is 0. The van der Waals surface area contributed by atoms with Crippen LogP contribution in [0.15, 0.2) is 36.5 Å². The lowest BCUT2D eigenvalue weighted by Crippen LogP contribution is -2.07. The minimum absolute atomic E-state index is 0.0228. The summed E-state index contributed by atoms with van der Waals surface area (Å²) in [4.78, 5) is 23.9. The Kier molecular flexibility index (Phi) is 4.35. The van der Waals surface area contributed by atoms with Crippen molar-refractivity contribution in [1.29, 1.82) is 0 Å². The van der Waals surface area contributed by atoms with E-state index >= 15 is 0 Å². The molecule has 0 unspecified atom stereocenters. The smallest absolute Gasteiger partial charge is 0.183 e. The predicted octanol–water partition coefficient (Wildman–Crippen LogP) is 2.94. The van der Waals surface area contributed by atoms with E-state index in [1.165, 1.54) is 6.20 Å². The van der Waals surface area contributed by atoms with Crippen molar-refractivity contribution in [2.24, 2.45) is 0 Å². The second kappa shape index (κ2) is 6.19. The van der Waals surface area contributed by atoms with Crippen LogP contribution >= 0.6 is 0 Å². The van der Waals surface area contributed by atoms with Crippen molar-refractivity contribution in [3.8, 4) is 0 Å². The molecule has 0 radical (unpaired) electrons. The molecule has 0 atom stereocenters. The fraction of sp³-hybridized carbons (Fsp3) is 0.250. The molecule has 0 saturated heterocycles. The summed E-state index contributed by atoms with van der Waals surface area (Å²) in [6, 6.07) is 8.86. The number of Topliss-reactive ketones (excluding diaryl/α,β-unsaturated/α-hetero) is 2. The monoisotopic (exact) mass is 268 g/mol. The van der Waals surface area contributed by atoms with E-state index in [0.29, 0.717) is 11.3 Å². The normalized spacial score (nSPS) is 10.3. The summed E-state index contributed by atoms with van der Waals surface area (Å²) in [5.41, 5.74) is 3.19. The number of hydrogen-bond donors (Lipinski definition) is 0. The number of ketones is 2. The fourth-order valence-corrected chi connectivity index (χ4v) is 1.86. The highest BCUT2D eigenvalue weighted by Crippen LogP contribution is 2.13. The number of nitrogens with zero attached hydrogens (tertiary/aromatic N) is 2. The number of benzene rings is 1. The van der Waals surface area contributed by atoms with Crippen molar-refractivity contribution in [3.63, 3.8) is 0 Å². The maximum Gasteiger partial charge on any atom is 0.183 e. The van der Waals surface area contributed by atoms with Crippen molar-refractivity contribution in [2.75, 3.05) is 0 Å². The summed E-state index contributed by atoms with van der Waals surface area (Å²) in [7, 11) is 0. The molecule has 0 spiro atoms. The first-order valence-electron chi connectivity index (χ1n) is 6.49. The Morgan fingerprint density at radius 3 is 2.40 bits per heavy atom. The number of carbonyl (C=O) groups is 2. The van der Waals surface area contributed by atoms with Gasteiger partial charge in [0.1, 0.15) is 5.69 Å². The van der Waals surface area contributed by atoms with Crippen LogP contribution in [0.5, 0.6) is 0 Å². The van der Waals surface area contributed by atoms with Crippen LogP contribution in [-0.2, 0) is 0 Å². The lowest BCUT2D eigenvalue weighted by Gasteiger charge is -2.04. The van der Waals surface area contributed by atoms with Crippen molar-refractivity contribution in [3.05, 3.63) is 58.9 Å². The Bertz CT molecular complexity index is 636. The summed E-state index contributed by atoms with van der Waals surface area (Å²) in [5.74, 6) is -0.180. The summed E-state index contributed by atoms with van der Waals surface area (Å²) in [5, 5.41) is 7.40. The van der Waals surface area contributed by atoms with Crippen molar-refractivity contribution in [1.82, 2.24) is 10.2 Å². The van der Waals surface area contributed by atoms with Crippen molar-refractivity contribution in [2.45, 2.75) is 26.7 Å². The third-order valence-corrected chi connectivity index (χ3v) is 3.27. The van der Waals surface area contributed by atoms with Gasteiger partial charge < -0.3 is 0 Å². The lowest BCUT2D eigenvalue weighted by molar-refractivity contribution is 0.0914. The van der Waals surface area contributed by atoms with Gasteiger partial charge in [0, 0.05) is 24.6 Å². The molecule has 4 heteroatoms. The largest absolute Gasteiger partial charge is 0.294 e. The predicted molar refractivity (Wildman–Crippen MR) is 75.8 cm³/mol.